The summed E-state index contributed by atoms with van der Waals surface area (Å²) in [6.07, 6.45) is 6.28. The van der Waals surface area contributed by atoms with Gasteiger partial charge in [0.25, 0.3) is 0 Å². The highest BCUT2D eigenvalue weighted by Gasteiger charge is 2.22. The molecule has 2 aliphatic rings. The second kappa shape index (κ2) is 5.03. The fourth-order valence-corrected chi connectivity index (χ4v) is 4.43. The number of hydrogen-bond donors (Lipinski definition) is 1. The Morgan fingerprint density at radius 3 is 3.00 bits per heavy atom. The average molecular weight is 247 g/mol. The Morgan fingerprint density at radius 2 is 2.18 bits per heavy atom. The third kappa shape index (κ3) is 2.53. The molecule has 2 N–H and O–H groups in total. The summed E-state index contributed by atoms with van der Waals surface area (Å²) in [5.74, 6) is 3.32. The van der Waals surface area contributed by atoms with Crippen LogP contribution in [0.25, 0.3) is 0 Å². The van der Waals surface area contributed by atoms with Gasteiger partial charge in [-0.3, -0.25) is 0 Å². The number of fused-ring (bicyclic) bond motifs is 1. The zero-order valence-electron chi connectivity index (χ0n) is 10.3. The van der Waals surface area contributed by atoms with Gasteiger partial charge >= 0.3 is 0 Å². The van der Waals surface area contributed by atoms with E-state index >= 15 is 0 Å². The van der Waals surface area contributed by atoms with Crippen molar-refractivity contribution in [2.45, 2.75) is 38.1 Å². The smallest absolute Gasteiger partial charge is 0.0116 e. The summed E-state index contributed by atoms with van der Waals surface area (Å²) in [5, 5.41) is 0. The molecule has 2 atom stereocenters. The molecule has 1 saturated heterocycles. The topological polar surface area (TPSA) is 26.0 Å². The Balaban J connectivity index is 1.68. The summed E-state index contributed by atoms with van der Waals surface area (Å²) in [7, 11) is 0. The fourth-order valence-electron chi connectivity index (χ4n) is 3.08. The van der Waals surface area contributed by atoms with Crippen LogP contribution in [-0.2, 0) is 19.3 Å². The molecule has 17 heavy (non-hydrogen) atoms. The zero-order valence-corrected chi connectivity index (χ0v) is 11.1. The van der Waals surface area contributed by atoms with E-state index in [1.807, 2.05) is 0 Å². The summed E-state index contributed by atoms with van der Waals surface area (Å²) in [6, 6.07) is 7.40. The maximum absolute atomic E-state index is 6.34. The van der Waals surface area contributed by atoms with Crippen LogP contribution in [0.3, 0.4) is 0 Å². The molecule has 0 aromatic heterocycles. The van der Waals surface area contributed by atoms with E-state index in [2.05, 4.69) is 30.0 Å². The third-order valence-corrected chi connectivity index (χ3v) is 5.39. The van der Waals surface area contributed by atoms with Gasteiger partial charge in [-0.1, -0.05) is 18.2 Å². The Kier molecular flexibility index (Phi) is 3.44. The number of benzene rings is 1. The molecular formula is C15H21NS. The van der Waals surface area contributed by atoms with E-state index < -0.39 is 0 Å². The molecule has 1 fully saturated rings. The van der Waals surface area contributed by atoms with Crippen LogP contribution in [0, 0.1) is 5.92 Å². The van der Waals surface area contributed by atoms with Crippen molar-refractivity contribution in [3.8, 4) is 0 Å². The van der Waals surface area contributed by atoms with Gasteiger partial charge < -0.3 is 5.73 Å². The molecule has 1 aromatic rings. The first kappa shape index (κ1) is 11.6. The van der Waals surface area contributed by atoms with Crippen molar-refractivity contribution < 1.29 is 0 Å². The van der Waals surface area contributed by atoms with Crippen LogP contribution in [0.5, 0.6) is 0 Å². The van der Waals surface area contributed by atoms with Crippen LogP contribution in [0.2, 0.25) is 0 Å². The minimum absolute atomic E-state index is 0.365. The van der Waals surface area contributed by atoms with Crippen molar-refractivity contribution in [3.05, 3.63) is 34.9 Å². The Morgan fingerprint density at radius 1 is 1.29 bits per heavy atom. The minimum atomic E-state index is 0.365. The normalized spacial score (nSPS) is 24.9. The van der Waals surface area contributed by atoms with E-state index in [0.29, 0.717) is 6.04 Å². The second-order valence-corrected chi connectivity index (χ2v) is 6.60. The first-order valence-electron chi connectivity index (χ1n) is 6.77. The molecule has 1 aliphatic carbocycles. The molecule has 0 bridgehead atoms. The summed E-state index contributed by atoms with van der Waals surface area (Å²) in [5.41, 5.74) is 10.9. The SMILES string of the molecule is NC(Cc1ccc2c(c1)CCC2)C1CCSC1. The molecule has 2 heteroatoms. The zero-order chi connectivity index (χ0) is 11.7. The van der Waals surface area contributed by atoms with E-state index in [0.717, 1.165) is 12.3 Å². The highest BCUT2D eigenvalue weighted by atomic mass is 32.2. The quantitative estimate of drug-likeness (QED) is 0.889. The molecule has 0 spiro atoms. The van der Waals surface area contributed by atoms with Gasteiger partial charge in [0, 0.05) is 6.04 Å². The van der Waals surface area contributed by atoms with Crippen LogP contribution < -0.4 is 5.73 Å². The number of nitrogens with two attached hydrogens (primary N) is 1. The van der Waals surface area contributed by atoms with Crippen LogP contribution in [0.15, 0.2) is 18.2 Å². The Labute approximate surface area is 108 Å². The molecule has 1 aliphatic heterocycles. The number of thioether (sulfide) groups is 1. The molecule has 1 heterocycles. The van der Waals surface area contributed by atoms with Gasteiger partial charge in [-0.2, -0.15) is 11.8 Å². The highest BCUT2D eigenvalue weighted by molar-refractivity contribution is 7.99. The van der Waals surface area contributed by atoms with Crippen LogP contribution in [0.1, 0.15) is 29.5 Å². The van der Waals surface area contributed by atoms with Gasteiger partial charge in [0.1, 0.15) is 0 Å². The van der Waals surface area contributed by atoms with E-state index in [4.69, 9.17) is 5.73 Å². The largest absolute Gasteiger partial charge is 0.327 e. The second-order valence-electron chi connectivity index (χ2n) is 5.45. The molecular weight excluding hydrogens is 226 g/mol. The average Bonchev–Trinajstić information content (AvgIpc) is 2.99. The predicted molar refractivity (Wildman–Crippen MR) is 75.6 cm³/mol. The highest BCUT2D eigenvalue weighted by Crippen LogP contribution is 2.28. The standard InChI is InChI=1S/C15H21NS/c16-15(14-6-7-17-10-14)9-11-4-5-12-2-1-3-13(12)8-11/h4-5,8,14-15H,1-3,6-7,9-10,16H2. The maximum atomic E-state index is 6.34. The molecule has 92 valence electrons. The number of aryl methyl sites for hydroxylation is 2. The van der Waals surface area contributed by atoms with Gasteiger partial charge in [0.2, 0.25) is 0 Å². The van der Waals surface area contributed by atoms with E-state index in [1.165, 1.54) is 42.8 Å². The molecule has 1 nitrogen and oxygen atoms in total. The minimum Gasteiger partial charge on any atom is -0.327 e. The Bertz CT molecular complexity index is 396. The molecule has 2 unspecified atom stereocenters. The van der Waals surface area contributed by atoms with E-state index in [-0.39, 0.29) is 0 Å². The third-order valence-electron chi connectivity index (χ3n) is 4.20. The lowest BCUT2D eigenvalue weighted by Gasteiger charge is -2.18. The van der Waals surface area contributed by atoms with Crippen molar-refractivity contribution in [3.63, 3.8) is 0 Å². The molecule has 1 aromatic carbocycles. The Hall–Kier alpha value is -0.470. The fraction of sp³-hybridized carbons (Fsp3) is 0.600. The van der Waals surface area contributed by atoms with Crippen LogP contribution >= 0.6 is 11.8 Å². The van der Waals surface area contributed by atoms with Crippen molar-refractivity contribution >= 4 is 11.8 Å². The first-order chi connectivity index (χ1) is 8.33. The van der Waals surface area contributed by atoms with Gasteiger partial charge in [-0.15, -0.1) is 0 Å². The summed E-state index contributed by atoms with van der Waals surface area (Å²) in [6.45, 7) is 0. The molecule has 0 saturated carbocycles. The van der Waals surface area contributed by atoms with Gasteiger partial charge in [-0.25, -0.2) is 0 Å². The van der Waals surface area contributed by atoms with Crippen molar-refractivity contribution in [1.82, 2.24) is 0 Å². The van der Waals surface area contributed by atoms with Crippen molar-refractivity contribution in [2.75, 3.05) is 11.5 Å². The molecule has 3 rings (SSSR count). The monoisotopic (exact) mass is 247 g/mol. The molecule has 0 radical (unpaired) electrons. The van der Waals surface area contributed by atoms with Gasteiger partial charge in [0.15, 0.2) is 0 Å². The summed E-state index contributed by atoms with van der Waals surface area (Å²) in [4.78, 5) is 0. The van der Waals surface area contributed by atoms with Crippen molar-refractivity contribution in [2.24, 2.45) is 11.7 Å². The number of rotatable bonds is 3. The lowest BCUT2D eigenvalue weighted by Crippen LogP contribution is -2.32. The summed E-state index contributed by atoms with van der Waals surface area (Å²) < 4.78 is 0. The van der Waals surface area contributed by atoms with E-state index in [1.54, 1.807) is 11.1 Å². The van der Waals surface area contributed by atoms with Gasteiger partial charge in [-0.05, 0) is 66.2 Å². The van der Waals surface area contributed by atoms with Gasteiger partial charge in [0.05, 0.1) is 0 Å². The maximum Gasteiger partial charge on any atom is 0.0116 e. The lowest BCUT2D eigenvalue weighted by atomic mass is 9.92. The molecule has 0 amide bonds. The summed E-state index contributed by atoms with van der Waals surface area (Å²) >= 11 is 2.06. The number of hydrogen-bond acceptors (Lipinski definition) is 2. The van der Waals surface area contributed by atoms with Crippen LogP contribution in [0.4, 0.5) is 0 Å². The van der Waals surface area contributed by atoms with Crippen molar-refractivity contribution in [1.29, 1.82) is 0 Å². The predicted octanol–water partition coefficient (Wildman–Crippen LogP) is 2.80. The first-order valence-corrected chi connectivity index (χ1v) is 7.92. The van der Waals surface area contributed by atoms with E-state index in [9.17, 15) is 0 Å². The van der Waals surface area contributed by atoms with Crippen LogP contribution in [-0.4, -0.2) is 17.5 Å². The lowest BCUT2D eigenvalue weighted by molar-refractivity contribution is 0.462.